The van der Waals surface area contributed by atoms with Crippen LogP contribution in [0.2, 0.25) is 5.02 Å². The molecule has 9 nitrogen and oxygen atoms in total. The van der Waals surface area contributed by atoms with Gasteiger partial charge in [0.25, 0.3) is 11.9 Å². The summed E-state index contributed by atoms with van der Waals surface area (Å²) in [5, 5.41) is 15.1. The third-order valence-electron chi connectivity index (χ3n) is 4.86. The van der Waals surface area contributed by atoms with E-state index in [0.717, 1.165) is 11.6 Å². The quantitative estimate of drug-likeness (QED) is 0.279. The number of carbonyl (C=O) groups is 1. The number of anilines is 1. The Morgan fingerprint density at radius 2 is 1.81 bits per heavy atom. The molecule has 0 unspecified atom stereocenters. The van der Waals surface area contributed by atoms with Gasteiger partial charge < -0.3 is 30.0 Å². The summed E-state index contributed by atoms with van der Waals surface area (Å²) in [5.74, 6) is -0.320. The zero-order valence-electron chi connectivity index (χ0n) is 19.8. The number of amides is 1. The van der Waals surface area contributed by atoms with Gasteiger partial charge in [-0.2, -0.15) is 4.98 Å². The fourth-order valence-corrected chi connectivity index (χ4v) is 3.42. The van der Waals surface area contributed by atoms with E-state index in [9.17, 15) is 18.0 Å². The number of aliphatic hydroxyl groups is 1. The first kappa shape index (κ1) is 27.9. The lowest BCUT2D eigenvalue weighted by molar-refractivity contribution is -0.274. The van der Waals surface area contributed by atoms with Gasteiger partial charge in [-0.15, -0.1) is 13.2 Å². The van der Waals surface area contributed by atoms with E-state index in [1.165, 1.54) is 18.2 Å². The normalized spacial score (nSPS) is 11.2. The molecule has 1 heterocycles. The summed E-state index contributed by atoms with van der Waals surface area (Å²) >= 11 is 5.98. The fourth-order valence-electron chi connectivity index (χ4n) is 3.29. The predicted molar refractivity (Wildman–Crippen MR) is 130 cm³/mol. The van der Waals surface area contributed by atoms with Crippen LogP contribution in [0.15, 0.2) is 48.5 Å². The number of imidazole rings is 1. The number of aromatic nitrogens is 2. The molecule has 200 valence electrons. The van der Waals surface area contributed by atoms with Crippen LogP contribution in [0.4, 0.5) is 19.0 Å². The minimum atomic E-state index is -4.79. The molecule has 0 aliphatic carbocycles. The van der Waals surface area contributed by atoms with Gasteiger partial charge >= 0.3 is 6.36 Å². The lowest BCUT2D eigenvalue weighted by atomic mass is 10.2. The van der Waals surface area contributed by atoms with Gasteiger partial charge in [0.05, 0.1) is 26.4 Å². The van der Waals surface area contributed by atoms with Crippen molar-refractivity contribution in [3.8, 4) is 17.5 Å². The van der Waals surface area contributed by atoms with Crippen LogP contribution >= 0.6 is 11.6 Å². The molecule has 0 saturated heterocycles. The molecular weight excluding hydrogens is 517 g/mol. The first-order chi connectivity index (χ1) is 17.7. The molecule has 0 aliphatic heterocycles. The molecule has 2 aromatic carbocycles. The Labute approximate surface area is 216 Å². The maximum Gasteiger partial charge on any atom is 0.573 e. The second-order valence-corrected chi connectivity index (χ2v) is 8.04. The number of carbonyl (C=O) groups excluding carboxylic acids is 1. The van der Waals surface area contributed by atoms with Crippen molar-refractivity contribution in [3.05, 3.63) is 64.8 Å². The Hall–Kier alpha value is -3.64. The third-order valence-corrected chi connectivity index (χ3v) is 5.12. The molecule has 0 radical (unpaired) electrons. The second-order valence-electron chi connectivity index (χ2n) is 7.61. The monoisotopic (exact) mass is 542 g/mol. The molecule has 3 aromatic rings. The Kier molecular flexibility index (Phi) is 9.86. The van der Waals surface area contributed by atoms with Crippen LogP contribution in [-0.4, -0.2) is 60.3 Å². The lowest BCUT2D eigenvalue weighted by Gasteiger charge is -2.13. The van der Waals surface area contributed by atoms with Crippen molar-refractivity contribution in [2.45, 2.75) is 19.3 Å². The number of hydrogen-bond donors (Lipinski definition) is 3. The second kappa shape index (κ2) is 13.1. The summed E-state index contributed by atoms with van der Waals surface area (Å²) in [5.41, 5.74) is 1.06. The van der Waals surface area contributed by atoms with Crippen molar-refractivity contribution >= 4 is 23.3 Å². The van der Waals surface area contributed by atoms with Crippen molar-refractivity contribution < 1.29 is 37.3 Å². The molecule has 0 fully saturated rings. The topological polar surface area (TPSA) is 107 Å². The van der Waals surface area contributed by atoms with E-state index in [2.05, 4.69) is 20.4 Å². The van der Waals surface area contributed by atoms with Gasteiger partial charge in [0.1, 0.15) is 11.5 Å². The smallest absolute Gasteiger partial charge is 0.493 e. The van der Waals surface area contributed by atoms with E-state index >= 15 is 0 Å². The first-order valence-electron chi connectivity index (χ1n) is 11.2. The van der Waals surface area contributed by atoms with Gasteiger partial charge in [-0.25, -0.2) is 0 Å². The molecule has 1 aromatic heterocycles. The number of nitrogens with zero attached hydrogens (tertiary/aromatic N) is 2. The Morgan fingerprint density at radius 3 is 2.49 bits per heavy atom. The van der Waals surface area contributed by atoms with E-state index < -0.39 is 12.3 Å². The highest BCUT2D eigenvalue weighted by atomic mass is 35.5. The van der Waals surface area contributed by atoms with E-state index in [4.69, 9.17) is 26.2 Å². The molecule has 3 N–H and O–H groups in total. The molecule has 3 rings (SSSR count). The average Bonchev–Trinajstić information content (AvgIpc) is 3.20. The standard InChI is InChI=1S/C24H26ClF3N4O5/c1-29-21-20(22(34)30-10-11-33)32(15-16-6-8-17(25)9-7-16)23(31-21)36-13-3-12-35-18-4-2-5-19(14-18)37-24(26,27)28/h2,4-9,14,29,33H,3,10-13,15H2,1H3,(H,30,34). The third kappa shape index (κ3) is 8.46. The maximum absolute atomic E-state index is 12.8. The summed E-state index contributed by atoms with van der Waals surface area (Å²) in [7, 11) is 1.62. The molecular formula is C24H26ClF3N4O5. The van der Waals surface area contributed by atoms with Crippen LogP contribution < -0.4 is 24.8 Å². The lowest BCUT2D eigenvalue weighted by Crippen LogP contribution is -2.29. The molecule has 0 aliphatic rings. The molecule has 0 atom stereocenters. The highest BCUT2D eigenvalue weighted by Crippen LogP contribution is 2.27. The summed E-state index contributed by atoms with van der Waals surface area (Å²) in [4.78, 5) is 17.2. The molecule has 0 spiro atoms. The summed E-state index contributed by atoms with van der Waals surface area (Å²) in [6, 6.07) is 12.5. The van der Waals surface area contributed by atoms with Gasteiger partial charge in [-0.05, 0) is 29.8 Å². The number of nitrogens with one attached hydrogen (secondary N) is 2. The van der Waals surface area contributed by atoms with Gasteiger partial charge in [0.2, 0.25) is 0 Å². The van der Waals surface area contributed by atoms with Crippen molar-refractivity contribution in [1.82, 2.24) is 14.9 Å². The molecule has 13 heteroatoms. The number of alkyl halides is 3. The number of hydrogen-bond acceptors (Lipinski definition) is 7. The summed E-state index contributed by atoms with van der Waals surface area (Å²) < 4.78 is 54.1. The van der Waals surface area contributed by atoms with Crippen molar-refractivity contribution in [2.24, 2.45) is 0 Å². The number of rotatable bonds is 13. The zero-order chi connectivity index (χ0) is 26.8. The van der Waals surface area contributed by atoms with Gasteiger partial charge in [-0.3, -0.25) is 9.36 Å². The van der Waals surface area contributed by atoms with Crippen LogP contribution in [0.3, 0.4) is 0 Å². The minimum Gasteiger partial charge on any atom is -0.493 e. The SMILES string of the molecule is CNc1nc(OCCCOc2cccc(OC(F)(F)F)c2)n(Cc2ccc(Cl)cc2)c1C(=O)NCCO. The Bertz CT molecular complexity index is 1170. The van der Waals surface area contributed by atoms with Crippen LogP contribution in [-0.2, 0) is 6.54 Å². The Balaban J connectivity index is 1.68. The van der Waals surface area contributed by atoms with Crippen molar-refractivity contribution in [2.75, 3.05) is 38.7 Å². The Morgan fingerprint density at radius 1 is 1.11 bits per heavy atom. The van der Waals surface area contributed by atoms with Crippen molar-refractivity contribution in [3.63, 3.8) is 0 Å². The van der Waals surface area contributed by atoms with E-state index in [0.29, 0.717) is 11.4 Å². The van der Waals surface area contributed by atoms with E-state index in [1.807, 2.05) is 12.1 Å². The highest BCUT2D eigenvalue weighted by molar-refractivity contribution is 6.30. The van der Waals surface area contributed by atoms with Crippen LogP contribution in [0.25, 0.3) is 0 Å². The minimum absolute atomic E-state index is 0.0663. The number of ether oxygens (including phenoxy) is 3. The number of halogens is 4. The van der Waals surface area contributed by atoms with Gasteiger partial charge in [0.15, 0.2) is 11.5 Å². The van der Waals surface area contributed by atoms with Gasteiger partial charge in [0, 0.05) is 31.1 Å². The number of aliphatic hydroxyl groups excluding tert-OH is 1. The fraction of sp³-hybridized carbons (Fsp3) is 0.333. The predicted octanol–water partition coefficient (Wildman–Crippen LogP) is 4.10. The van der Waals surface area contributed by atoms with Crippen LogP contribution in [0, 0.1) is 0 Å². The molecule has 0 saturated carbocycles. The van der Waals surface area contributed by atoms with Crippen molar-refractivity contribution in [1.29, 1.82) is 0 Å². The largest absolute Gasteiger partial charge is 0.573 e. The van der Waals surface area contributed by atoms with Gasteiger partial charge in [-0.1, -0.05) is 29.8 Å². The molecule has 1 amide bonds. The molecule has 37 heavy (non-hydrogen) atoms. The summed E-state index contributed by atoms with van der Waals surface area (Å²) in [6.07, 6.45) is -4.42. The maximum atomic E-state index is 12.8. The van der Waals surface area contributed by atoms with E-state index in [1.54, 1.807) is 23.7 Å². The van der Waals surface area contributed by atoms with Crippen LogP contribution in [0.1, 0.15) is 22.5 Å². The molecule has 0 bridgehead atoms. The van der Waals surface area contributed by atoms with Crippen LogP contribution in [0.5, 0.6) is 17.5 Å². The first-order valence-corrected chi connectivity index (χ1v) is 11.6. The average molecular weight is 543 g/mol. The summed E-state index contributed by atoms with van der Waals surface area (Å²) in [6.45, 7) is 0.399. The zero-order valence-corrected chi connectivity index (χ0v) is 20.6. The van der Waals surface area contributed by atoms with E-state index in [-0.39, 0.29) is 61.9 Å². The number of benzene rings is 2. The highest BCUT2D eigenvalue weighted by Gasteiger charge is 2.31.